The van der Waals surface area contributed by atoms with Crippen LogP contribution in [0, 0.1) is 16.0 Å². The molecule has 1 aromatic rings. The lowest BCUT2D eigenvalue weighted by molar-refractivity contribution is -0.383. The first-order valence-electron chi connectivity index (χ1n) is 6.69. The Morgan fingerprint density at radius 1 is 1.37 bits per heavy atom. The predicted molar refractivity (Wildman–Crippen MR) is 73.3 cm³/mol. The van der Waals surface area contributed by atoms with Gasteiger partial charge in [0.1, 0.15) is 6.33 Å². The molecule has 2 N–H and O–H groups in total. The number of hydrogen-bond acceptors (Lipinski definition) is 6. The van der Waals surface area contributed by atoms with Gasteiger partial charge in [0.2, 0.25) is 11.6 Å². The van der Waals surface area contributed by atoms with Gasteiger partial charge in [0.05, 0.1) is 4.92 Å². The van der Waals surface area contributed by atoms with Crippen molar-refractivity contribution in [3.8, 4) is 0 Å². The molecule has 0 bridgehead atoms. The lowest BCUT2D eigenvalue weighted by Gasteiger charge is -2.25. The highest BCUT2D eigenvalue weighted by Crippen LogP contribution is 2.31. The minimum absolute atomic E-state index is 0.0599. The molecule has 19 heavy (non-hydrogen) atoms. The molecule has 1 aromatic heterocycles. The minimum atomic E-state index is -0.429. The van der Waals surface area contributed by atoms with E-state index in [1.807, 2.05) is 6.92 Å². The quantitative estimate of drug-likeness (QED) is 0.581. The van der Waals surface area contributed by atoms with Crippen LogP contribution in [0.3, 0.4) is 0 Å². The van der Waals surface area contributed by atoms with E-state index in [0.29, 0.717) is 18.3 Å². The molecule has 7 nitrogen and oxygen atoms in total. The summed E-state index contributed by atoms with van der Waals surface area (Å²) >= 11 is 0. The Morgan fingerprint density at radius 3 is 2.58 bits per heavy atom. The van der Waals surface area contributed by atoms with Crippen LogP contribution in [0.25, 0.3) is 0 Å². The SMILES string of the molecule is CCCNc1ncnc(NCC2CCC2)c1[N+](=O)[O-]. The molecule has 0 saturated heterocycles. The zero-order valence-corrected chi connectivity index (χ0v) is 11.1. The van der Waals surface area contributed by atoms with Gasteiger partial charge in [-0.15, -0.1) is 0 Å². The average Bonchev–Trinajstić information content (AvgIpc) is 2.34. The maximum absolute atomic E-state index is 11.2. The van der Waals surface area contributed by atoms with Gasteiger partial charge in [-0.2, -0.15) is 0 Å². The van der Waals surface area contributed by atoms with Gasteiger partial charge in [-0.05, 0) is 25.2 Å². The van der Waals surface area contributed by atoms with E-state index in [1.54, 1.807) is 0 Å². The first kappa shape index (κ1) is 13.5. The summed E-state index contributed by atoms with van der Waals surface area (Å²) < 4.78 is 0. The number of anilines is 2. The maximum Gasteiger partial charge on any atom is 0.353 e. The standard InChI is InChI=1S/C12H19N5O2/c1-2-6-13-11-10(17(18)19)12(16-8-15-11)14-7-9-4-3-5-9/h8-9H,2-7H2,1H3,(H2,13,14,15,16). The molecule has 0 atom stereocenters. The summed E-state index contributed by atoms with van der Waals surface area (Å²) in [6, 6.07) is 0. The first-order valence-corrected chi connectivity index (χ1v) is 6.69. The zero-order chi connectivity index (χ0) is 13.7. The Hall–Kier alpha value is -1.92. The molecule has 7 heteroatoms. The van der Waals surface area contributed by atoms with Crippen LogP contribution in [0.15, 0.2) is 6.33 Å². The second kappa shape index (κ2) is 6.31. The Balaban J connectivity index is 2.12. The van der Waals surface area contributed by atoms with Crippen molar-refractivity contribution in [2.75, 3.05) is 23.7 Å². The topological polar surface area (TPSA) is 93.0 Å². The van der Waals surface area contributed by atoms with E-state index >= 15 is 0 Å². The molecule has 0 spiro atoms. The molecule has 1 fully saturated rings. The molecule has 0 aromatic carbocycles. The van der Waals surface area contributed by atoms with Gasteiger partial charge >= 0.3 is 5.69 Å². The van der Waals surface area contributed by atoms with Crippen LogP contribution in [-0.4, -0.2) is 28.0 Å². The second-order valence-electron chi connectivity index (χ2n) is 4.78. The third-order valence-corrected chi connectivity index (χ3v) is 3.33. The maximum atomic E-state index is 11.2. The summed E-state index contributed by atoms with van der Waals surface area (Å²) in [4.78, 5) is 18.7. The fourth-order valence-electron chi connectivity index (χ4n) is 1.99. The fraction of sp³-hybridized carbons (Fsp3) is 0.667. The van der Waals surface area contributed by atoms with E-state index < -0.39 is 4.92 Å². The average molecular weight is 265 g/mol. The van der Waals surface area contributed by atoms with Crippen molar-refractivity contribution in [3.63, 3.8) is 0 Å². The third-order valence-electron chi connectivity index (χ3n) is 3.33. The third kappa shape index (κ3) is 3.30. The van der Waals surface area contributed by atoms with Crippen molar-refractivity contribution in [3.05, 3.63) is 16.4 Å². The van der Waals surface area contributed by atoms with Gasteiger partial charge in [-0.25, -0.2) is 9.97 Å². The number of nitro groups is 1. The monoisotopic (exact) mass is 265 g/mol. The highest BCUT2D eigenvalue weighted by Gasteiger charge is 2.24. The molecule has 104 valence electrons. The van der Waals surface area contributed by atoms with Crippen molar-refractivity contribution >= 4 is 17.3 Å². The first-order chi connectivity index (χ1) is 9.22. The number of nitrogens with one attached hydrogen (secondary N) is 2. The highest BCUT2D eigenvalue weighted by molar-refractivity contribution is 5.69. The number of hydrogen-bond donors (Lipinski definition) is 2. The van der Waals surface area contributed by atoms with Crippen LogP contribution >= 0.6 is 0 Å². The summed E-state index contributed by atoms with van der Waals surface area (Å²) in [5.41, 5.74) is -0.0599. The lowest BCUT2D eigenvalue weighted by Crippen LogP contribution is -2.22. The Bertz CT molecular complexity index is 448. The van der Waals surface area contributed by atoms with Crippen LogP contribution in [-0.2, 0) is 0 Å². The number of aromatic nitrogens is 2. The highest BCUT2D eigenvalue weighted by atomic mass is 16.6. The molecule has 0 unspecified atom stereocenters. The van der Waals surface area contributed by atoms with Gasteiger partial charge < -0.3 is 10.6 Å². The van der Waals surface area contributed by atoms with Gasteiger partial charge in [-0.1, -0.05) is 13.3 Å². The Labute approximate surface area is 112 Å². The van der Waals surface area contributed by atoms with E-state index in [2.05, 4.69) is 20.6 Å². The predicted octanol–water partition coefficient (Wildman–Crippen LogP) is 2.42. The van der Waals surface area contributed by atoms with Crippen LogP contribution in [0.4, 0.5) is 17.3 Å². The second-order valence-corrected chi connectivity index (χ2v) is 4.78. The van der Waals surface area contributed by atoms with E-state index in [0.717, 1.165) is 13.0 Å². The van der Waals surface area contributed by atoms with E-state index in [9.17, 15) is 10.1 Å². The Morgan fingerprint density at radius 2 is 2.05 bits per heavy atom. The van der Waals surface area contributed by atoms with Crippen molar-refractivity contribution in [2.45, 2.75) is 32.6 Å². The molecule has 1 aliphatic rings. The largest absolute Gasteiger partial charge is 0.364 e. The molecule has 0 radical (unpaired) electrons. The van der Waals surface area contributed by atoms with E-state index in [-0.39, 0.29) is 11.5 Å². The van der Waals surface area contributed by atoms with Gasteiger partial charge in [0.25, 0.3) is 0 Å². The summed E-state index contributed by atoms with van der Waals surface area (Å²) in [6.45, 7) is 3.39. The minimum Gasteiger partial charge on any atom is -0.364 e. The molecule has 2 rings (SSSR count). The molecular weight excluding hydrogens is 246 g/mol. The molecule has 1 heterocycles. The normalized spacial score (nSPS) is 14.8. The van der Waals surface area contributed by atoms with Crippen molar-refractivity contribution < 1.29 is 4.92 Å². The fourth-order valence-corrected chi connectivity index (χ4v) is 1.99. The summed E-state index contributed by atoms with van der Waals surface area (Å²) in [5, 5.41) is 17.2. The summed E-state index contributed by atoms with van der Waals surface area (Å²) in [5.74, 6) is 1.21. The van der Waals surface area contributed by atoms with Crippen LogP contribution in [0.1, 0.15) is 32.6 Å². The van der Waals surface area contributed by atoms with Crippen LogP contribution in [0.2, 0.25) is 0 Å². The van der Waals surface area contributed by atoms with E-state index in [1.165, 1.54) is 25.6 Å². The molecule has 1 saturated carbocycles. The van der Waals surface area contributed by atoms with Crippen molar-refractivity contribution in [1.82, 2.24) is 9.97 Å². The van der Waals surface area contributed by atoms with Gasteiger partial charge in [-0.3, -0.25) is 10.1 Å². The lowest BCUT2D eigenvalue weighted by atomic mass is 9.85. The number of rotatable bonds is 7. The Kier molecular flexibility index (Phi) is 4.48. The smallest absolute Gasteiger partial charge is 0.353 e. The summed E-state index contributed by atoms with van der Waals surface area (Å²) in [6.07, 6.45) is 5.86. The van der Waals surface area contributed by atoms with Gasteiger partial charge in [0, 0.05) is 13.1 Å². The molecule has 1 aliphatic carbocycles. The molecule has 0 amide bonds. The van der Waals surface area contributed by atoms with Crippen LogP contribution in [0.5, 0.6) is 0 Å². The van der Waals surface area contributed by atoms with E-state index in [4.69, 9.17) is 0 Å². The zero-order valence-electron chi connectivity index (χ0n) is 11.1. The molecular formula is C12H19N5O2. The van der Waals surface area contributed by atoms with Gasteiger partial charge in [0.15, 0.2) is 0 Å². The molecule has 0 aliphatic heterocycles. The van der Waals surface area contributed by atoms with Crippen molar-refractivity contribution in [1.29, 1.82) is 0 Å². The van der Waals surface area contributed by atoms with Crippen molar-refractivity contribution in [2.24, 2.45) is 5.92 Å². The number of nitrogens with zero attached hydrogens (tertiary/aromatic N) is 3. The van der Waals surface area contributed by atoms with Crippen LogP contribution < -0.4 is 10.6 Å². The summed E-state index contributed by atoms with van der Waals surface area (Å²) in [7, 11) is 0.